The number of pyridine rings is 1. The average Bonchev–Trinajstić information content (AvgIpc) is 2.58. The quantitative estimate of drug-likeness (QED) is 0.779. The third-order valence-corrected chi connectivity index (χ3v) is 2.98. The van der Waals surface area contributed by atoms with Crippen molar-refractivity contribution in [1.29, 1.82) is 0 Å². The maximum atomic E-state index is 12.1. The Morgan fingerprint density at radius 2 is 1.83 bits per heavy atom. The van der Waals surface area contributed by atoms with Gasteiger partial charge in [0.2, 0.25) is 5.88 Å². The van der Waals surface area contributed by atoms with Gasteiger partial charge < -0.3 is 15.8 Å². The number of nitrogens with zero attached hydrogens (tertiary/aromatic N) is 3. The van der Waals surface area contributed by atoms with E-state index in [0.717, 1.165) is 0 Å². The molecule has 0 aliphatic carbocycles. The van der Waals surface area contributed by atoms with Crippen molar-refractivity contribution in [3.63, 3.8) is 0 Å². The van der Waals surface area contributed by atoms with E-state index in [2.05, 4.69) is 25.0 Å². The van der Waals surface area contributed by atoms with Crippen molar-refractivity contribution in [2.45, 2.75) is 52.4 Å². The van der Waals surface area contributed by atoms with Crippen molar-refractivity contribution in [1.82, 2.24) is 20.3 Å². The molecular formula is C19H26F3N5O2. The molecule has 7 nitrogen and oxygen atoms in total. The number of carbonyl (C=O) groups excluding carboxylic acids is 1. The first kappa shape index (κ1) is 24.3. The van der Waals surface area contributed by atoms with E-state index in [1.54, 1.807) is 13.8 Å². The number of amides is 1. The van der Waals surface area contributed by atoms with Crippen molar-refractivity contribution >= 4 is 5.91 Å². The number of nitrogens with one attached hydrogen (secondary N) is 1. The van der Waals surface area contributed by atoms with Crippen LogP contribution in [0.2, 0.25) is 0 Å². The largest absolute Gasteiger partial charge is 0.468 e. The van der Waals surface area contributed by atoms with E-state index in [9.17, 15) is 18.0 Å². The van der Waals surface area contributed by atoms with Gasteiger partial charge in [0, 0.05) is 24.0 Å². The fraction of sp³-hybridized carbons (Fsp3) is 0.474. The lowest BCUT2D eigenvalue weighted by Gasteiger charge is -2.14. The number of aryl methyl sites for hydroxylation is 1. The standard InChI is InChI=1S/C15H15F3N4O2.C4H11N/c1-9-5-19-7-12(21-9)14(23)22-10(2)11-3-4-13(20-6-11)24-8-15(16,17)18;1-4(2,3)5/h3-7,10H,8H2,1-2H3,(H,22,23);5H2,1-3H3. The highest BCUT2D eigenvalue weighted by atomic mass is 19.4. The molecule has 1 amide bonds. The first-order valence-corrected chi connectivity index (χ1v) is 8.78. The molecule has 160 valence electrons. The summed E-state index contributed by atoms with van der Waals surface area (Å²) < 4.78 is 40.7. The summed E-state index contributed by atoms with van der Waals surface area (Å²) in [4.78, 5) is 23.8. The van der Waals surface area contributed by atoms with Gasteiger partial charge in [-0.3, -0.25) is 9.78 Å². The van der Waals surface area contributed by atoms with Crippen LogP contribution in [-0.2, 0) is 0 Å². The Morgan fingerprint density at radius 3 is 2.31 bits per heavy atom. The van der Waals surface area contributed by atoms with Crippen molar-refractivity contribution in [3.05, 3.63) is 47.7 Å². The van der Waals surface area contributed by atoms with Gasteiger partial charge in [-0.05, 0) is 40.2 Å². The second-order valence-corrected chi connectivity index (χ2v) is 7.44. The predicted octanol–water partition coefficient (Wildman–Crippen LogP) is 3.36. The third-order valence-electron chi connectivity index (χ3n) is 2.98. The van der Waals surface area contributed by atoms with Crippen LogP contribution in [0.3, 0.4) is 0 Å². The lowest BCUT2D eigenvalue weighted by Crippen LogP contribution is -2.27. The minimum Gasteiger partial charge on any atom is -0.468 e. The minimum atomic E-state index is -4.42. The third kappa shape index (κ3) is 11.0. The molecule has 2 rings (SSSR count). The Bertz CT molecular complexity index is 784. The summed E-state index contributed by atoms with van der Waals surface area (Å²) >= 11 is 0. The van der Waals surface area contributed by atoms with Gasteiger partial charge in [-0.1, -0.05) is 6.07 Å². The molecule has 10 heteroatoms. The van der Waals surface area contributed by atoms with E-state index in [1.165, 1.54) is 30.7 Å². The van der Waals surface area contributed by atoms with E-state index >= 15 is 0 Å². The summed E-state index contributed by atoms with van der Waals surface area (Å²) in [5.74, 6) is -0.546. The summed E-state index contributed by atoms with van der Waals surface area (Å²) in [6, 6.07) is 2.44. The number of aromatic nitrogens is 3. The molecule has 0 radical (unpaired) electrons. The molecule has 0 aliphatic heterocycles. The number of hydrogen-bond donors (Lipinski definition) is 2. The Morgan fingerprint density at radius 1 is 1.21 bits per heavy atom. The van der Waals surface area contributed by atoms with Crippen LogP contribution in [0.4, 0.5) is 13.2 Å². The van der Waals surface area contributed by atoms with Gasteiger partial charge in [0.15, 0.2) is 6.61 Å². The Labute approximate surface area is 167 Å². The van der Waals surface area contributed by atoms with Crippen LogP contribution >= 0.6 is 0 Å². The lowest BCUT2D eigenvalue weighted by molar-refractivity contribution is -0.154. The Kier molecular flexibility index (Phi) is 8.50. The van der Waals surface area contributed by atoms with Crippen LogP contribution in [0.15, 0.2) is 30.7 Å². The van der Waals surface area contributed by atoms with Gasteiger partial charge in [0.25, 0.3) is 5.91 Å². The molecule has 3 N–H and O–H groups in total. The summed E-state index contributed by atoms with van der Waals surface area (Å²) in [6.45, 7) is 7.93. The van der Waals surface area contributed by atoms with Crippen LogP contribution in [0.25, 0.3) is 0 Å². The van der Waals surface area contributed by atoms with Crippen LogP contribution in [0.1, 0.15) is 55.5 Å². The second-order valence-electron chi connectivity index (χ2n) is 7.44. The van der Waals surface area contributed by atoms with Gasteiger partial charge >= 0.3 is 6.18 Å². The fourth-order valence-electron chi connectivity index (χ4n) is 1.82. The van der Waals surface area contributed by atoms with Gasteiger partial charge in [-0.25, -0.2) is 9.97 Å². The van der Waals surface area contributed by atoms with Gasteiger partial charge in [-0.15, -0.1) is 0 Å². The zero-order chi connectivity index (χ0) is 22.2. The molecule has 0 aromatic carbocycles. The van der Waals surface area contributed by atoms with E-state index in [-0.39, 0.29) is 17.1 Å². The number of nitrogens with two attached hydrogens (primary N) is 1. The highest BCUT2D eigenvalue weighted by Gasteiger charge is 2.28. The van der Waals surface area contributed by atoms with E-state index in [0.29, 0.717) is 11.3 Å². The highest BCUT2D eigenvalue weighted by Crippen LogP contribution is 2.19. The van der Waals surface area contributed by atoms with Gasteiger partial charge in [0.05, 0.1) is 17.9 Å². The number of rotatable bonds is 5. The van der Waals surface area contributed by atoms with Crippen LogP contribution < -0.4 is 15.8 Å². The highest BCUT2D eigenvalue weighted by molar-refractivity contribution is 5.92. The molecule has 1 unspecified atom stereocenters. The number of halogens is 3. The molecule has 0 fully saturated rings. The van der Waals surface area contributed by atoms with Gasteiger partial charge in [0.1, 0.15) is 5.69 Å². The molecule has 0 bridgehead atoms. The maximum absolute atomic E-state index is 12.1. The zero-order valence-electron chi connectivity index (χ0n) is 17.0. The number of hydrogen-bond acceptors (Lipinski definition) is 6. The molecule has 1 atom stereocenters. The average molecular weight is 413 g/mol. The van der Waals surface area contributed by atoms with Crippen LogP contribution in [0.5, 0.6) is 5.88 Å². The Hall–Kier alpha value is -2.75. The molecule has 2 aromatic heterocycles. The summed E-state index contributed by atoms with van der Waals surface area (Å²) in [6.07, 6.45) is -0.194. The van der Waals surface area contributed by atoms with Crippen molar-refractivity contribution < 1.29 is 22.7 Å². The monoisotopic (exact) mass is 413 g/mol. The molecule has 0 saturated carbocycles. The van der Waals surface area contributed by atoms with Crippen LogP contribution in [-0.4, -0.2) is 39.2 Å². The smallest absolute Gasteiger partial charge is 0.422 e. The lowest BCUT2D eigenvalue weighted by atomic mass is 10.1. The summed E-state index contributed by atoms with van der Waals surface area (Å²) in [5.41, 5.74) is 6.76. The Balaban J connectivity index is 0.000000749. The fourth-order valence-corrected chi connectivity index (χ4v) is 1.82. The van der Waals surface area contributed by atoms with Crippen molar-refractivity contribution in [3.8, 4) is 5.88 Å². The van der Waals surface area contributed by atoms with E-state index < -0.39 is 24.7 Å². The topological polar surface area (TPSA) is 103 Å². The van der Waals surface area contributed by atoms with Crippen molar-refractivity contribution in [2.24, 2.45) is 5.73 Å². The molecule has 29 heavy (non-hydrogen) atoms. The molecule has 2 heterocycles. The number of carbonyl (C=O) groups is 1. The molecule has 0 aliphatic rings. The molecule has 0 saturated heterocycles. The van der Waals surface area contributed by atoms with Crippen molar-refractivity contribution in [2.75, 3.05) is 6.61 Å². The number of alkyl halides is 3. The molecular weight excluding hydrogens is 387 g/mol. The zero-order valence-corrected chi connectivity index (χ0v) is 17.0. The van der Waals surface area contributed by atoms with E-state index in [1.807, 2.05) is 20.8 Å². The van der Waals surface area contributed by atoms with Crippen LogP contribution in [0, 0.1) is 6.92 Å². The molecule has 2 aromatic rings. The first-order chi connectivity index (χ1) is 13.2. The maximum Gasteiger partial charge on any atom is 0.422 e. The predicted molar refractivity (Wildman–Crippen MR) is 102 cm³/mol. The SMILES string of the molecule is CC(C)(C)N.Cc1cncc(C(=O)NC(C)c2ccc(OCC(F)(F)F)nc2)n1. The first-order valence-electron chi connectivity index (χ1n) is 8.78. The molecule has 0 spiro atoms. The normalized spacial score (nSPS) is 12.4. The number of ether oxygens (including phenoxy) is 1. The minimum absolute atomic E-state index is 0. The summed E-state index contributed by atoms with van der Waals surface area (Å²) in [7, 11) is 0. The second kappa shape index (κ2) is 10.1. The summed E-state index contributed by atoms with van der Waals surface area (Å²) in [5, 5.41) is 2.71. The van der Waals surface area contributed by atoms with E-state index in [4.69, 9.17) is 5.73 Å². The van der Waals surface area contributed by atoms with Gasteiger partial charge in [-0.2, -0.15) is 13.2 Å².